The quantitative estimate of drug-likeness (QED) is 0.683. The molecule has 0 saturated carbocycles. The van der Waals surface area contributed by atoms with Gasteiger partial charge in [-0.25, -0.2) is 0 Å². The standard InChI is InChI=1S/C24H27N3O3/c1-26-14-15-27(13-10-23(26)29)16-20(28)17-30-22-7-6-18-4-2-3-5-21(18)24(22)19-8-11-25-12-9-19/h2-9,11-12,20,28H,10,13-17H2,1H3. The zero-order valence-corrected chi connectivity index (χ0v) is 17.2. The summed E-state index contributed by atoms with van der Waals surface area (Å²) in [7, 11) is 1.83. The van der Waals surface area contributed by atoms with Crippen molar-refractivity contribution in [2.45, 2.75) is 12.5 Å². The molecule has 1 fully saturated rings. The van der Waals surface area contributed by atoms with E-state index in [2.05, 4.69) is 22.0 Å². The van der Waals surface area contributed by atoms with Gasteiger partial charge in [-0.2, -0.15) is 0 Å². The van der Waals surface area contributed by atoms with Crippen LogP contribution >= 0.6 is 0 Å². The number of fused-ring (bicyclic) bond motifs is 1. The number of carbonyl (C=O) groups excluding carboxylic acids is 1. The third kappa shape index (κ3) is 4.61. The molecule has 1 unspecified atom stereocenters. The minimum absolute atomic E-state index is 0.154. The number of ether oxygens (including phenoxy) is 1. The van der Waals surface area contributed by atoms with E-state index in [1.807, 2.05) is 43.4 Å². The molecule has 0 bridgehead atoms. The summed E-state index contributed by atoms with van der Waals surface area (Å²) >= 11 is 0. The average molecular weight is 405 g/mol. The maximum Gasteiger partial charge on any atom is 0.223 e. The predicted octanol–water partition coefficient (Wildman–Crippen LogP) is 2.81. The summed E-state index contributed by atoms with van der Waals surface area (Å²) in [6.07, 6.45) is 3.39. The number of likely N-dealkylation sites (N-methyl/N-ethyl adjacent to an activating group) is 1. The van der Waals surface area contributed by atoms with Crippen molar-refractivity contribution in [2.75, 3.05) is 39.8 Å². The molecule has 2 heterocycles. The van der Waals surface area contributed by atoms with Crippen LogP contribution in [0.2, 0.25) is 0 Å². The van der Waals surface area contributed by atoms with Gasteiger partial charge in [-0.15, -0.1) is 0 Å². The second-order valence-electron chi connectivity index (χ2n) is 7.73. The molecule has 1 aliphatic heterocycles. The van der Waals surface area contributed by atoms with Crippen LogP contribution in [0.25, 0.3) is 21.9 Å². The van der Waals surface area contributed by atoms with Crippen LogP contribution in [0.4, 0.5) is 0 Å². The summed E-state index contributed by atoms with van der Waals surface area (Å²) in [5, 5.41) is 12.8. The molecule has 0 spiro atoms. The largest absolute Gasteiger partial charge is 0.490 e. The van der Waals surface area contributed by atoms with Crippen molar-refractivity contribution in [1.29, 1.82) is 0 Å². The molecule has 1 aliphatic rings. The summed E-state index contributed by atoms with van der Waals surface area (Å²) in [6, 6.07) is 16.1. The highest BCUT2D eigenvalue weighted by atomic mass is 16.5. The molecule has 1 atom stereocenters. The van der Waals surface area contributed by atoms with Gasteiger partial charge in [0.1, 0.15) is 18.5 Å². The molecule has 4 rings (SSSR count). The fourth-order valence-electron chi connectivity index (χ4n) is 3.88. The number of aliphatic hydroxyl groups excluding tert-OH is 1. The monoisotopic (exact) mass is 405 g/mol. The number of rotatable bonds is 6. The Balaban J connectivity index is 1.49. The first kappa shape index (κ1) is 20.3. The lowest BCUT2D eigenvalue weighted by Gasteiger charge is -2.23. The molecule has 156 valence electrons. The normalized spacial score (nSPS) is 16.5. The zero-order chi connectivity index (χ0) is 20.9. The van der Waals surface area contributed by atoms with Crippen molar-refractivity contribution in [3.8, 4) is 16.9 Å². The van der Waals surface area contributed by atoms with Gasteiger partial charge in [-0.1, -0.05) is 30.3 Å². The summed E-state index contributed by atoms with van der Waals surface area (Å²) in [5.41, 5.74) is 2.03. The van der Waals surface area contributed by atoms with E-state index in [-0.39, 0.29) is 12.5 Å². The number of β-amino-alcohol motifs (C(OH)–C–C–N with tert-alkyl or cyclic N) is 1. The first-order chi connectivity index (χ1) is 14.6. The van der Waals surface area contributed by atoms with E-state index >= 15 is 0 Å². The van der Waals surface area contributed by atoms with Gasteiger partial charge in [0.05, 0.1) is 0 Å². The Labute approximate surface area is 176 Å². The first-order valence-corrected chi connectivity index (χ1v) is 10.3. The van der Waals surface area contributed by atoms with Gasteiger partial charge in [0.2, 0.25) is 5.91 Å². The Morgan fingerprint density at radius 3 is 2.70 bits per heavy atom. The van der Waals surface area contributed by atoms with Gasteiger partial charge in [-0.3, -0.25) is 14.7 Å². The topological polar surface area (TPSA) is 65.9 Å². The highest BCUT2D eigenvalue weighted by Crippen LogP contribution is 2.36. The molecule has 1 amide bonds. The van der Waals surface area contributed by atoms with Crippen LogP contribution in [0.3, 0.4) is 0 Å². The number of hydrogen-bond donors (Lipinski definition) is 1. The Hall–Kier alpha value is -2.96. The van der Waals surface area contributed by atoms with Crippen LogP contribution in [0.1, 0.15) is 6.42 Å². The molecule has 6 heteroatoms. The fourth-order valence-corrected chi connectivity index (χ4v) is 3.88. The molecule has 6 nitrogen and oxygen atoms in total. The number of pyridine rings is 1. The number of hydrogen-bond acceptors (Lipinski definition) is 5. The van der Waals surface area contributed by atoms with Crippen molar-refractivity contribution < 1.29 is 14.6 Å². The summed E-state index contributed by atoms with van der Waals surface area (Å²) < 4.78 is 6.10. The third-order valence-electron chi connectivity index (χ3n) is 5.58. The molecule has 0 radical (unpaired) electrons. The summed E-state index contributed by atoms with van der Waals surface area (Å²) in [4.78, 5) is 19.8. The van der Waals surface area contributed by atoms with Crippen LogP contribution in [0.15, 0.2) is 60.9 Å². The maximum atomic E-state index is 11.8. The fraction of sp³-hybridized carbons (Fsp3) is 0.333. The van der Waals surface area contributed by atoms with Crippen LogP contribution < -0.4 is 4.74 Å². The molecule has 30 heavy (non-hydrogen) atoms. The second-order valence-corrected chi connectivity index (χ2v) is 7.73. The van der Waals surface area contributed by atoms with Gasteiger partial charge < -0.3 is 14.7 Å². The van der Waals surface area contributed by atoms with Gasteiger partial charge in [0.15, 0.2) is 0 Å². The van der Waals surface area contributed by atoms with Crippen LogP contribution in [-0.4, -0.2) is 71.7 Å². The Kier molecular flexibility index (Phi) is 6.26. The van der Waals surface area contributed by atoms with Crippen molar-refractivity contribution in [3.05, 3.63) is 60.9 Å². The second kappa shape index (κ2) is 9.24. The summed E-state index contributed by atoms with van der Waals surface area (Å²) in [5.74, 6) is 0.895. The molecular formula is C24H27N3O3. The van der Waals surface area contributed by atoms with Crippen LogP contribution in [0, 0.1) is 0 Å². The van der Waals surface area contributed by atoms with Gasteiger partial charge >= 0.3 is 0 Å². The molecular weight excluding hydrogens is 378 g/mol. The third-order valence-corrected chi connectivity index (χ3v) is 5.58. The number of aliphatic hydroxyl groups is 1. The predicted molar refractivity (Wildman–Crippen MR) is 117 cm³/mol. The molecule has 2 aromatic carbocycles. The van der Waals surface area contributed by atoms with Gasteiger partial charge in [0.25, 0.3) is 0 Å². The van der Waals surface area contributed by atoms with Crippen molar-refractivity contribution >= 4 is 16.7 Å². The van der Waals surface area contributed by atoms with Gasteiger partial charge in [-0.05, 0) is 34.5 Å². The van der Waals surface area contributed by atoms with Crippen LogP contribution in [-0.2, 0) is 4.79 Å². The van der Waals surface area contributed by atoms with E-state index in [0.29, 0.717) is 26.1 Å². The van der Waals surface area contributed by atoms with Gasteiger partial charge in [0, 0.05) is 57.6 Å². The minimum Gasteiger partial charge on any atom is -0.490 e. The highest BCUT2D eigenvalue weighted by molar-refractivity contribution is 5.99. The van der Waals surface area contributed by atoms with Crippen molar-refractivity contribution in [1.82, 2.24) is 14.8 Å². The average Bonchev–Trinajstić information content (AvgIpc) is 2.93. The SMILES string of the molecule is CN1CCN(CC(O)COc2ccc3ccccc3c2-c2ccncc2)CCC1=O. The van der Waals surface area contributed by atoms with E-state index in [1.54, 1.807) is 17.3 Å². The number of amides is 1. The lowest BCUT2D eigenvalue weighted by Crippen LogP contribution is -2.37. The van der Waals surface area contributed by atoms with Crippen molar-refractivity contribution in [3.63, 3.8) is 0 Å². The van der Waals surface area contributed by atoms with Crippen molar-refractivity contribution in [2.24, 2.45) is 0 Å². The number of aromatic nitrogens is 1. The lowest BCUT2D eigenvalue weighted by atomic mass is 9.98. The molecule has 1 aromatic heterocycles. The number of benzene rings is 2. The Morgan fingerprint density at radius 1 is 1.07 bits per heavy atom. The first-order valence-electron chi connectivity index (χ1n) is 10.3. The van der Waals surface area contributed by atoms with E-state index in [4.69, 9.17) is 4.74 Å². The highest BCUT2D eigenvalue weighted by Gasteiger charge is 2.20. The Bertz CT molecular complexity index is 1010. The maximum absolute atomic E-state index is 11.8. The molecule has 0 aliphatic carbocycles. The molecule has 3 aromatic rings. The number of carbonyl (C=O) groups is 1. The van der Waals surface area contributed by atoms with E-state index in [1.165, 1.54) is 0 Å². The number of nitrogens with zero attached hydrogens (tertiary/aromatic N) is 3. The lowest BCUT2D eigenvalue weighted by molar-refractivity contribution is -0.129. The van der Waals surface area contributed by atoms with E-state index in [9.17, 15) is 9.90 Å². The minimum atomic E-state index is -0.639. The van der Waals surface area contributed by atoms with E-state index < -0.39 is 6.10 Å². The van der Waals surface area contributed by atoms with E-state index in [0.717, 1.165) is 34.2 Å². The molecule has 1 saturated heterocycles. The smallest absolute Gasteiger partial charge is 0.223 e. The molecule has 1 N–H and O–H groups in total. The van der Waals surface area contributed by atoms with Crippen LogP contribution in [0.5, 0.6) is 5.75 Å². The zero-order valence-electron chi connectivity index (χ0n) is 17.2. The summed E-state index contributed by atoms with van der Waals surface area (Å²) in [6.45, 7) is 2.79. The Morgan fingerprint density at radius 2 is 1.87 bits per heavy atom.